The molecule has 4 aromatic rings. The van der Waals surface area contributed by atoms with Gasteiger partial charge in [-0.15, -0.1) is 0 Å². The third-order valence-corrected chi connectivity index (χ3v) is 7.42. The van der Waals surface area contributed by atoms with Crippen LogP contribution in [0.3, 0.4) is 0 Å². The van der Waals surface area contributed by atoms with Gasteiger partial charge in [-0.3, -0.25) is 5.10 Å². The molecule has 0 radical (unpaired) electrons. The zero-order valence-electron chi connectivity index (χ0n) is 19.9. The zero-order chi connectivity index (χ0) is 25.1. The van der Waals surface area contributed by atoms with E-state index in [-0.39, 0.29) is 31.0 Å². The number of hydrogen-bond donors (Lipinski definition) is 3. The lowest BCUT2D eigenvalue weighted by atomic mass is 9.79. The van der Waals surface area contributed by atoms with Crippen LogP contribution in [-0.4, -0.2) is 36.5 Å². The van der Waals surface area contributed by atoms with Crippen LogP contribution in [0.5, 0.6) is 0 Å². The highest BCUT2D eigenvalue weighted by atomic mass is 19.1. The van der Waals surface area contributed by atoms with Crippen molar-refractivity contribution in [2.24, 2.45) is 0 Å². The van der Waals surface area contributed by atoms with Gasteiger partial charge in [-0.1, -0.05) is 13.8 Å². The smallest absolute Gasteiger partial charge is 0.335 e. The number of aliphatic carboxylic acids is 1. The summed E-state index contributed by atoms with van der Waals surface area (Å²) in [5, 5.41) is 39.1. The number of aliphatic hydroxyl groups is 1. The molecule has 1 saturated carbocycles. The Balaban J connectivity index is 1.89. The first kappa shape index (κ1) is 23.1. The van der Waals surface area contributed by atoms with Gasteiger partial charge in [0.05, 0.1) is 23.3 Å². The Bertz CT molecular complexity index is 1530. The van der Waals surface area contributed by atoms with Crippen LogP contribution in [0.15, 0.2) is 36.5 Å². The Labute approximate surface area is 201 Å². The van der Waals surface area contributed by atoms with E-state index in [2.05, 4.69) is 20.8 Å². The fourth-order valence-electron chi connectivity index (χ4n) is 5.61. The van der Waals surface area contributed by atoms with E-state index in [4.69, 9.17) is 0 Å². The van der Waals surface area contributed by atoms with Gasteiger partial charge in [-0.05, 0) is 73.6 Å². The summed E-state index contributed by atoms with van der Waals surface area (Å²) in [6.07, 6.45) is 2.70. The summed E-state index contributed by atoms with van der Waals surface area (Å²) in [6.45, 7) is 5.70. The first-order valence-corrected chi connectivity index (χ1v) is 11.7. The van der Waals surface area contributed by atoms with Gasteiger partial charge in [-0.2, -0.15) is 10.4 Å². The minimum Gasteiger partial charge on any atom is -0.479 e. The molecule has 7 nitrogen and oxygen atoms in total. The highest BCUT2D eigenvalue weighted by Gasteiger charge is 2.47. The van der Waals surface area contributed by atoms with E-state index in [0.717, 1.165) is 38.8 Å². The number of aromatic nitrogens is 3. The van der Waals surface area contributed by atoms with Crippen molar-refractivity contribution >= 4 is 27.8 Å². The molecule has 2 atom stereocenters. The first-order valence-electron chi connectivity index (χ1n) is 11.7. The van der Waals surface area contributed by atoms with Crippen LogP contribution >= 0.6 is 0 Å². The summed E-state index contributed by atoms with van der Waals surface area (Å²) < 4.78 is 16.3. The van der Waals surface area contributed by atoms with E-state index < -0.39 is 17.0 Å². The molecule has 0 bridgehead atoms. The molecule has 35 heavy (non-hydrogen) atoms. The molecule has 0 spiro atoms. The molecule has 1 fully saturated rings. The van der Waals surface area contributed by atoms with Crippen LogP contribution in [0.2, 0.25) is 0 Å². The Morgan fingerprint density at radius 1 is 1.37 bits per heavy atom. The molecule has 1 aliphatic rings. The Kier molecular flexibility index (Phi) is 5.22. The summed E-state index contributed by atoms with van der Waals surface area (Å²) in [5.41, 5.74) is 2.36. The van der Waals surface area contributed by atoms with Crippen molar-refractivity contribution in [3.63, 3.8) is 0 Å². The number of carbonyl (C=O) groups is 1. The average molecular weight is 475 g/mol. The molecule has 2 heterocycles. The number of aryl methyl sites for hydroxylation is 1. The van der Waals surface area contributed by atoms with Crippen molar-refractivity contribution in [2.45, 2.75) is 63.4 Å². The fraction of sp³-hybridized carbons (Fsp3) is 0.370. The second-order valence-corrected chi connectivity index (χ2v) is 10.4. The summed E-state index contributed by atoms with van der Waals surface area (Å²) in [5.74, 6) is -1.75. The molecule has 180 valence electrons. The van der Waals surface area contributed by atoms with Gasteiger partial charge in [0.1, 0.15) is 5.82 Å². The number of nitriles is 1. The number of fused-ring (bicyclic) bond motifs is 2. The van der Waals surface area contributed by atoms with E-state index in [0.29, 0.717) is 12.0 Å². The number of H-pyrrole nitrogens is 1. The van der Waals surface area contributed by atoms with Gasteiger partial charge >= 0.3 is 5.97 Å². The second-order valence-electron chi connectivity index (χ2n) is 10.4. The Morgan fingerprint density at radius 3 is 2.80 bits per heavy atom. The lowest BCUT2D eigenvalue weighted by Crippen LogP contribution is -2.35. The van der Waals surface area contributed by atoms with E-state index in [1.807, 2.05) is 26.0 Å². The largest absolute Gasteiger partial charge is 0.479 e. The number of nitrogens with zero attached hydrogens (tertiary/aromatic N) is 3. The molecular weight excluding hydrogens is 447 g/mol. The molecule has 8 heteroatoms. The molecule has 0 amide bonds. The molecule has 0 unspecified atom stereocenters. The van der Waals surface area contributed by atoms with Crippen LogP contribution in [-0.2, 0) is 10.2 Å². The number of carboxylic acids is 1. The number of carboxylic acid groups (broad SMARTS) is 1. The van der Waals surface area contributed by atoms with Gasteiger partial charge in [0.25, 0.3) is 0 Å². The topological polar surface area (TPSA) is 115 Å². The van der Waals surface area contributed by atoms with Crippen molar-refractivity contribution in [1.29, 1.82) is 5.26 Å². The third kappa shape index (κ3) is 3.58. The maximum Gasteiger partial charge on any atom is 0.335 e. The van der Waals surface area contributed by atoms with Gasteiger partial charge in [0.2, 0.25) is 0 Å². The predicted octanol–water partition coefficient (Wildman–Crippen LogP) is 5.23. The molecule has 2 aromatic carbocycles. The van der Waals surface area contributed by atoms with Crippen LogP contribution in [0, 0.1) is 24.1 Å². The van der Waals surface area contributed by atoms with Crippen LogP contribution in [0.1, 0.15) is 62.3 Å². The monoisotopic (exact) mass is 474 g/mol. The highest BCUT2D eigenvalue weighted by Crippen LogP contribution is 2.50. The van der Waals surface area contributed by atoms with E-state index in [1.54, 1.807) is 25.3 Å². The van der Waals surface area contributed by atoms with E-state index >= 15 is 0 Å². The number of aromatic amines is 1. The molecular formula is C27H27FN4O3. The van der Waals surface area contributed by atoms with Crippen LogP contribution in [0.25, 0.3) is 27.5 Å². The maximum atomic E-state index is 14.2. The molecule has 3 N–H and O–H groups in total. The van der Waals surface area contributed by atoms with Crippen molar-refractivity contribution < 1.29 is 19.4 Å². The first-order chi connectivity index (χ1) is 16.6. The van der Waals surface area contributed by atoms with Gasteiger partial charge in [-0.25, -0.2) is 9.18 Å². The fourth-order valence-corrected chi connectivity index (χ4v) is 5.61. The minimum atomic E-state index is -1.79. The molecule has 0 aliphatic heterocycles. The SMILES string of the molecule is Cc1cc(-n2c(C(C)(C)CC#N)c([C@@H]3CC[C@@](O)(C(=O)O)C3)c3cc4[nH]ncc4cc32)ccc1F. The molecule has 2 aromatic heterocycles. The second kappa shape index (κ2) is 7.92. The standard InChI is InChI=1S/C27H27FN4O3/c1-15-10-18(4-5-20(15)28)32-22-11-17-14-30-31-21(17)12-19(22)23(24(32)26(2,3)8-9-29)16-6-7-27(35,13-16)25(33)34/h4-5,10-12,14,16,35H,6-8,13H2,1-3H3,(H,30,31)(H,33,34)/t16-,27+/m1/s1. The summed E-state index contributed by atoms with van der Waals surface area (Å²) in [6, 6.07) is 11.3. The minimum absolute atomic E-state index is 0.0839. The number of rotatable bonds is 5. The highest BCUT2D eigenvalue weighted by molar-refractivity contribution is 5.99. The summed E-state index contributed by atoms with van der Waals surface area (Å²) in [4.78, 5) is 11.8. The molecule has 5 rings (SSSR count). The van der Waals surface area contributed by atoms with Crippen molar-refractivity contribution in [3.05, 3.63) is 59.2 Å². The lowest BCUT2D eigenvalue weighted by Gasteiger charge is -2.28. The number of halogens is 1. The zero-order valence-corrected chi connectivity index (χ0v) is 19.9. The number of hydrogen-bond acceptors (Lipinski definition) is 4. The van der Waals surface area contributed by atoms with Crippen molar-refractivity contribution in [2.75, 3.05) is 0 Å². The van der Waals surface area contributed by atoms with Gasteiger partial charge < -0.3 is 14.8 Å². The summed E-state index contributed by atoms with van der Waals surface area (Å²) >= 11 is 0. The molecule has 0 saturated heterocycles. The lowest BCUT2D eigenvalue weighted by molar-refractivity contribution is -0.157. The number of nitrogens with one attached hydrogen (secondary N) is 1. The van der Waals surface area contributed by atoms with Crippen molar-refractivity contribution in [3.8, 4) is 11.8 Å². The van der Waals surface area contributed by atoms with Crippen LogP contribution in [0.4, 0.5) is 4.39 Å². The normalized spacial score (nSPS) is 20.5. The average Bonchev–Trinajstić information content (AvgIpc) is 3.50. The Hall–Kier alpha value is -3.70. The predicted molar refractivity (Wildman–Crippen MR) is 130 cm³/mol. The third-order valence-electron chi connectivity index (χ3n) is 7.42. The maximum absolute atomic E-state index is 14.2. The number of benzene rings is 2. The Morgan fingerprint density at radius 2 is 2.14 bits per heavy atom. The van der Waals surface area contributed by atoms with Gasteiger partial charge in [0.15, 0.2) is 5.60 Å². The molecule has 1 aliphatic carbocycles. The van der Waals surface area contributed by atoms with E-state index in [9.17, 15) is 24.7 Å². The quantitative estimate of drug-likeness (QED) is 0.366. The van der Waals surface area contributed by atoms with Crippen LogP contribution < -0.4 is 0 Å². The van der Waals surface area contributed by atoms with Gasteiger partial charge in [0, 0.05) is 34.0 Å². The van der Waals surface area contributed by atoms with Crippen molar-refractivity contribution in [1.82, 2.24) is 14.8 Å². The van der Waals surface area contributed by atoms with E-state index in [1.165, 1.54) is 6.07 Å². The summed E-state index contributed by atoms with van der Waals surface area (Å²) in [7, 11) is 0.